The van der Waals surface area contributed by atoms with Gasteiger partial charge in [0.1, 0.15) is 0 Å². The summed E-state index contributed by atoms with van der Waals surface area (Å²) in [4.78, 5) is 0. The van der Waals surface area contributed by atoms with E-state index in [1.165, 1.54) is 0 Å². The lowest BCUT2D eigenvalue weighted by atomic mass is 10.5. The van der Waals surface area contributed by atoms with Crippen molar-refractivity contribution in [3.8, 4) is 0 Å². The third-order valence-corrected chi connectivity index (χ3v) is 19.1. The lowest BCUT2D eigenvalue weighted by Gasteiger charge is -2.46. The first-order valence-electron chi connectivity index (χ1n) is 11.2. The fourth-order valence-electron chi connectivity index (χ4n) is 3.03. The molecule has 0 bridgehead atoms. The van der Waals surface area contributed by atoms with E-state index in [1.54, 1.807) is 26.2 Å². The van der Waals surface area contributed by atoms with Crippen molar-refractivity contribution in [2.45, 2.75) is 51.9 Å². The van der Waals surface area contributed by atoms with Crippen LogP contribution < -0.4 is 22.9 Å². The molecule has 192 valence electrons. The van der Waals surface area contributed by atoms with Crippen molar-refractivity contribution >= 4 is 35.2 Å². The highest BCUT2D eigenvalue weighted by Gasteiger charge is 2.62. The zero-order valence-corrected chi connectivity index (χ0v) is 24.1. The van der Waals surface area contributed by atoms with E-state index in [9.17, 15) is 0 Å². The van der Waals surface area contributed by atoms with Gasteiger partial charge in [-0.15, -0.1) is 0 Å². The highest BCUT2D eigenvalue weighted by Crippen LogP contribution is 2.33. The van der Waals surface area contributed by atoms with Gasteiger partial charge in [0.15, 0.2) is 0 Å². The average Bonchev–Trinajstić information content (AvgIpc) is 2.67. The summed E-state index contributed by atoms with van der Waals surface area (Å²) in [6.45, 7) is 10.6. The molecule has 16 heteroatoms. The molecule has 0 saturated carbocycles. The molecule has 1 aliphatic heterocycles. The Kier molecular flexibility index (Phi) is 14.0. The van der Waals surface area contributed by atoms with Crippen LogP contribution >= 0.6 is 0 Å². The minimum Gasteiger partial charge on any atom is -0.374 e. The standard InChI is InChI=1S/C16H44N4O8Si4/c1-29(21-13-5-9-17)25-30(2,22-14-6-10-18)27-32(4,24-16-8-12-20)28-31(3,26-29)23-15-7-11-19/h5-20H2,1-4H3. The molecule has 0 aromatic rings. The fraction of sp³-hybridized carbons (Fsp3) is 1.00. The molecule has 8 N–H and O–H groups in total. The second kappa shape index (κ2) is 14.7. The SMILES string of the molecule is C[Si]1(OCCCN)O[Si](C)(OCCCN)O[Si](C)(OCCCN)O[Si](C)(OCCCN)O1. The van der Waals surface area contributed by atoms with Crippen molar-refractivity contribution in [3.05, 3.63) is 0 Å². The normalized spacial score (nSPS) is 33.8. The molecule has 1 fully saturated rings. The fourth-order valence-corrected chi connectivity index (χ4v) is 19.9. The van der Waals surface area contributed by atoms with Crippen LogP contribution in [-0.2, 0) is 34.2 Å². The van der Waals surface area contributed by atoms with Crippen molar-refractivity contribution in [1.29, 1.82) is 0 Å². The summed E-state index contributed by atoms with van der Waals surface area (Å²) in [6, 6.07) is 0. The third kappa shape index (κ3) is 11.2. The Bertz CT molecular complexity index is 432. The van der Waals surface area contributed by atoms with Crippen molar-refractivity contribution in [3.63, 3.8) is 0 Å². The van der Waals surface area contributed by atoms with Gasteiger partial charge in [0.05, 0.1) is 0 Å². The van der Waals surface area contributed by atoms with Gasteiger partial charge >= 0.3 is 35.2 Å². The highest BCUT2D eigenvalue weighted by atomic mass is 28.6. The Morgan fingerprint density at radius 2 is 0.625 bits per heavy atom. The summed E-state index contributed by atoms with van der Waals surface area (Å²) in [5, 5.41) is 0. The topological polar surface area (TPSA) is 178 Å². The van der Waals surface area contributed by atoms with Gasteiger partial charge in [-0.05, 0) is 51.9 Å². The van der Waals surface area contributed by atoms with Gasteiger partial charge in [-0.3, -0.25) is 0 Å². The Hall–Kier alpha value is 0.388. The highest BCUT2D eigenvalue weighted by molar-refractivity contribution is 6.87. The summed E-state index contributed by atoms with van der Waals surface area (Å²) >= 11 is 0. The smallest absolute Gasteiger partial charge is 0.374 e. The largest absolute Gasteiger partial charge is 0.482 e. The first kappa shape index (κ1) is 30.4. The van der Waals surface area contributed by atoms with Gasteiger partial charge in [0, 0.05) is 52.6 Å². The predicted octanol–water partition coefficient (Wildman–Crippen LogP) is -0.197. The van der Waals surface area contributed by atoms with Gasteiger partial charge in [0.25, 0.3) is 0 Å². The van der Waals surface area contributed by atoms with E-state index in [1.807, 2.05) is 0 Å². The Morgan fingerprint density at radius 3 is 0.781 bits per heavy atom. The predicted molar refractivity (Wildman–Crippen MR) is 129 cm³/mol. The zero-order chi connectivity index (χ0) is 24.1. The molecule has 0 unspecified atom stereocenters. The van der Waals surface area contributed by atoms with E-state index < -0.39 is 35.2 Å². The van der Waals surface area contributed by atoms with E-state index in [2.05, 4.69) is 0 Å². The summed E-state index contributed by atoms with van der Waals surface area (Å²) in [6.07, 6.45) is 2.63. The van der Waals surface area contributed by atoms with Crippen LogP contribution in [0.25, 0.3) is 0 Å². The molecule has 12 nitrogen and oxygen atoms in total. The van der Waals surface area contributed by atoms with Crippen LogP contribution in [0.1, 0.15) is 25.7 Å². The molecule has 1 aliphatic rings. The minimum atomic E-state index is -3.30. The van der Waals surface area contributed by atoms with Gasteiger partial charge in [-0.2, -0.15) is 0 Å². The molecular weight excluding hydrogens is 489 g/mol. The molecule has 0 atom stereocenters. The van der Waals surface area contributed by atoms with Crippen LogP contribution in [0.2, 0.25) is 26.2 Å². The van der Waals surface area contributed by atoms with Crippen LogP contribution in [-0.4, -0.2) is 87.8 Å². The molecule has 0 radical (unpaired) electrons. The molecule has 1 saturated heterocycles. The van der Waals surface area contributed by atoms with Crippen molar-refractivity contribution in [2.24, 2.45) is 22.9 Å². The van der Waals surface area contributed by atoms with E-state index in [0.717, 1.165) is 0 Å². The van der Waals surface area contributed by atoms with Crippen LogP contribution in [0.4, 0.5) is 0 Å². The molecule has 0 aromatic heterocycles. The van der Waals surface area contributed by atoms with Crippen molar-refractivity contribution < 1.29 is 34.2 Å². The van der Waals surface area contributed by atoms with Gasteiger partial charge < -0.3 is 57.1 Å². The molecule has 32 heavy (non-hydrogen) atoms. The van der Waals surface area contributed by atoms with Gasteiger partial charge in [-0.1, -0.05) is 0 Å². The Labute approximate surface area is 196 Å². The number of hydrogen-bond acceptors (Lipinski definition) is 12. The summed E-state index contributed by atoms with van der Waals surface area (Å²) in [7, 11) is -13.2. The molecular formula is C16H44N4O8Si4. The maximum absolute atomic E-state index is 6.45. The van der Waals surface area contributed by atoms with Crippen LogP contribution in [0.15, 0.2) is 0 Å². The van der Waals surface area contributed by atoms with Crippen molar-refractivity contribution in [2.75, 3.05) is 52.6 Å². The molecule has 0 aromatic carbocycles. The quantitative estimate of drug-likeness (QED) is 0.152. The van der Waals surface area contributed by atoms with Gasteiger partial charge in [0.2, 0.25) is 0 Å². The van der Waals surface area contributed by atoms with Crippen LogP contribution in [0.5, 0.6) is 0 Å². The lowest BCUT2D eigenvalue weighted by molar-refractivity contribution is 0.0224. The van der Waals surface area contributed by atoms with Crippen LogP contribution in [0, 0.1) is 0 Å². The number of hydrogen-bond donors (Lipinski definition) is 4. The van der Waals surface area contributed by atoms with Crippen LogP contribution in [0.3, 0.4) is 0 Å². The molecule has 1 rings (SSSR count). The summed E-state index contributed by atoms with van der Waals surface area (Å²) in [5.74, 6) is 0. The molecule has 1 heterocycles. The first-order valence-corrected chi connectivity index (χ1v) is 20.1. The van der Waals surface area contributed by atoms with E-state index >= 15 is 0 Å². The first-order chi connectivity index (χ1) is 15.1. The van der Waals surface area contributed by atoms with Crippen molar-refractivity contribution in [1.82, 2.24) is 0 Å². The van der Waals surface area contributed by atoms with E-state index in [4.69, 9.17) is 57.1 Å². The molecule has 0 aliphatic carbocycles. The van der Waals surface area contributed by atoms with Gasteiger partial charge in [-0.25, -0.2) is 0 Å². The Balaban J connectivity index is 3.21. The number of nitrogens with two attached hydrogens (primary N) is 4. The minimum absolute atomic E-state index is 0.376. The monoisotopic (exact) mass is 532 g/mol. The third-order valence-electron chi connectivity index (χ3n) is 4.33. The lowest BCUT2D eigenvalue weighted by Crippen LogP contribution is -2.70. The zero-order valence-electron chi connectivity index (χ0n) is 20.1. The Morgan fingerprint density at radius 1 is 0.438 bits per heavy atom. The molecule has 0 amide bonds. The summed E-state index contributed by atoms with van der Waals surface area (Å²) in [5.41, 5.74) is 22.5. The second-order valence-electron chi connectivity index (χ2n) is 7.82. The van der Waals surface area contributed by atoms with E-state index in [0.29, 0.717) is 78.3 Å². The maximum atomic E-state index is 6.45. The average molecular weight is 533 g/mol. The maximum Gasteiger partial charge on any atom is 0.482 e. The van der Waals surface area contributed by atoms with E-state index in [-0.39, 0.29) is 0 Å². The summed E-state index contributed by atoms with van der Waals surface area (Å²) < 4.78 is 50.2. The number of rotatable bonds is 16. The molecule has 0 spiro atoms. The second-order valence-corrected chi connectivity index (χ2v) is 19.1.